The Labute approximate surface area is 96.5 Å². The lowest BCUT2D eigenvalue weighted by molar-refractivity contribution is 0.0555. The van der Waals surface area contributed by atoms with Gasteiger partial charge >= 0.3 is 0 Å². The highest BCUT2D eigenvalue weighted by atomic mass is 16.3. The molecule has 0 aliphatic carbocycles. The molecule has 0 spiro atoms. The van der Waals surface area contributed by atoms with Crippen molar-refractivity contribution in [3.63, 3.8) is 0 Å². The van der Waals surface area contributed by atoms with Gasteiger partial charge in [-0.1, -0.05) is 6.92 Å². The second-order valence-electron chi connectivity index (χ2n) is 4.41. The Morgan fingerprint density at radius 1 is 1.62 bits per heavy atom. The lowest BCUT2D eigenvalue weighted by Crippen LogP contribution is -2.36. The molecular formula is C12H19N3O. The Hall–Kier alpha value is -1.31. The molecule has 1 rings (SSSR count). The molecule has 1 heterocycles. The van der Waals surface area contributed by atoms with Crippen LogP contribution in [0.25, 0.3) is 0 Å². The van der Waals surface area contributed by atoms with Crippen molar-refractivity contribution in [1.29, 1.82) is 5.26 Å². The molecule has 1 atom stereocenters. The maximum absolute atomic E-state index is 9.79. The van der Waals surface area contributed by atoms with Crippen LogP contribution in [0.4, 0.5) is 0 Å². The standard InChI is InChI=1S/C12H19N3O/c1-4-12(2,16)9-14-7-10-5-11(6-13)15(3)8-10/h5,8,14,16H,4,7,9H2,1-3H3. The quantitative estimate of drug-likeness (QED) is 0.784. The van der Waals surface area contributed by atoms with Gasteiger partial charge in [0.15, 0.2) is 0 Å². The van der Waals surface area contributed by atoms with Gasteiger partial charge in [0.25, 0.3) is 0 Å². The van der Waals surface area contributed by atoms with Crippen LogP contribution in [-0.2, 0) is 13.6 Å². The fourth-order valence-electron chi connectivity index (χ4n) is 1.44. The van der Waals surface area contributed by atoms with Crippen molar-refractivity contribution < 1.29 is 5.11 Å². The molecule has 0 radical (unpaired) electrons. The van der Waals surface area contributed by atoms with E-state index in [1.807, 2.05) is 33.2 Å². The van der Waals surface area contributed by atoms with Gasteiger partial charge in [-0.2, -0.15) is 5.26 Å². The van der Waals surface area contributed by atoms with Crippen LogP contribution in [0, 0.1) is 11.3 Å². The zero-order valence-corrected chi connectivity index (χ0v) is 10.1. The normalized spacial score (nSPS) is 14.4. The van der Waals surface area contributed by atoms with Crippen molar-refractivity contribution in [3.8, 4) is 6.07 Å². The number of nitriles is 1. The Kier molecular flexibility index (Phi) is 4.11. The van der Waals surface area contributed by atoms with Gasteiger partial charge in [0, 0.05) is 26.3 Å². The predicted molar refractivity (Wildman–Crippen MR) is 62.7 cm³/mol. The summed E-state index contributed by atoms with van der Waals surface area (Å²) < 4.78 is 1.80. The molecule has 1 aromatic heterocycles. The average molecular weight is 221 g/mol. The Morgan fingerprint density at radius 2 is 2.31 bits per heavy atom. The minimum Gasteiger partial charge on any atom is -0.389 e. The largest absolute Gasteiger partial charge is 0.389 e. The number of nitrogens with zero attached hydrogens (tertiary/aromatic N) is 2. The van der Waals surface area contributed by atoms with Crippen molar-refractivity contribution in [2.24, 2.45) is 7.05 Å². The zero-order chi connectivity index (χ0) is 12.2. The maximum atomic E-state index is 9.79. The number of aryl methyl sites for hydroxylation is 1. The summed E-state index contributed by atoms with van der Waals surface area (Å²) in [7, 11) is 1.85. The number of hydrogen-bond donors (Lipinski definition) is 2. The van der Waals surface area contributed by atoms with E-state index in [9.17, 15) is 5.11 Å². The van der Waals surface area contributed by atoms with E-state index in [0.717, 1.165) is 12.0 Å². The molecule has 0 bridgehead atoms. The van der Waals surface area contributed by atoms with Gasteiger partial charge in [-0.3, -0.25) is 0 Å². The molecule has 16 heavy (non-hydrogen) atoms. The van der Waals surface area contributed by atoms with Crippen LogP contribution in [0.2, 0.25) is 0 Å². The van der Waals surface area contributed by atoms with E-state index in [1.165, 1.54) is 0 Å². The monoisotopic (exact) mass is 221 g/mol. The molecule has 4 nitrogen and oxygen atoms in total. The molecule has 0 fully saturated rings. The van der Waals surface area contributed by atoms with Gasteiger partial charge < -0.3 is 15.0 Å². The third-order valence-electron chi connectivity index (χ3n) is 2.77. The minimum absolute atomic E-state index is 0.556. The van der Waals surface area contributed by atoms with Crippen LogP contribution in [0.1, 0.15) is 31.5 Å². The first kappa shape index (κ1) is 12.8. The van der Waals surface area contributed by atoms with Gasteiger partial charge in [0.2, 0.25) is 0 Å². The van der Waals surface area contributed by atoms with E-state index in [4.69, 9.17) is 5.26 Å². The predicted octanol–water partition coefficient (Wildman–Crippen LogP) is 1.15. The van der Waals surface area contributed by atoms with E-state index in [0.29, 0.717) is 18.8 Å². The van der Waals surface area contributed by atoms with Crippen molar-refractivity contribution in [1.82, 2.24) is 9.88 Å². The summed E-state index contributed by atoms with van der Waals surface area (Å²) in [4.78, 5) is 0. The van der Waals surface area contributed by atoms with Crippen molar-refractivity contribution in [2.45, 2.75) is 32.4 Å². The number of hydrogen-bond acceptors (Lipinski definition) is 3. The number of aromatic nitrogens is 1. The molecule has 4 heteroatoms. The molecule has 0 aromatic carbocycles. The van der Waals surface area contributed by atoms with E-state index in [-0.39, 0.29) is 0 Å². The summed E-state index contributed by atoms with van der Waals surface area (Å²) in [6.07, 6.45) is 2.64. The van der Waals surface area contributed by atoms with Crippen LogP contribution < -0.4 is 5.32 Å². The summed E-state index contributed by atoms with van der Waals surface area (Å²) in [5.41, 5.74) is 1.05. The second-order valence-corrected chi connectivity index (χ2v) is 4.41. The molecule has 0 saturated heterocycles. The van der Waals surface area contributed by atoms with Crippen LogP contribution in [0.3, 0.4) is 0 Å². The van der Waals surface area contributed by atoms with Crippen LogP contribution in [0.5, 0.6) is 0 Å². The molecule has 88 valence electrons. The summed E-state index contributed by atoms with van der Waals surface area (Å²) in [5.74, 6) is 0. The van der Waals surface area contributed by atoms with Gasteiger partial charge in [-0.25, -0.2) is 0 Å². The molecule has 1 aromatic rings. The Bertz CT molecular complexity index is 387. The number of rotatable bonds is 5. The van der Waals surface area contributed by atoms with E-state index in [1.54, 1.807) is 4.57 Å². The SMILES string of the molecule is CCC(C)(O)CNCc1cc(C#N)n(C)c1. The van der Waals surface area contributed by atoms with Crippen LogP contribution >= 0.6 is 0 Å². The van der Waals surface area contributed by atoms with Gasteiger partial charge in [-0.05, 0) is 25.0 Å². The van der Waals surface area contributed by atoms with Gasteiger partial charge in [-0.15, -0.1) is 0 Å². The molecule has 0 aliphatic rings. The molecule has 2 N–H and O–H groups in total. The first-order valence-corrected chi connectivity index (χ1v) is 5.47. The van der Waals surface area contributed by atoms with Crippen molar-refractivity contribution in [3.05, 3.63) is 23.5 Å². The van der Waals surface area contributed by atoms with Gasteiger partial charge in [0.05, 0.1) is 5.60 Å². The van der Waals surface area contributed by atoms with Crippen molar-refractivity contribution >= 4 is 0 Å². The van der Waals surface area contributed by atoms with Crippen LogP contribution in [-0.4, -0.2) is 21.8 Å². The van der Waals surface area contributed by atoms with Crippen LogP contribution in [0.15, 0.2) is 12.3 Å². The topological polar surface area (TPSA) is 61.0 Å². The summed E-state index contributed by atoms with van der Waals surface area (Å²) >= 11 is 0. The summed E-state index contributed by atoms with van der Waals surface area (Å²) in [5, 5.41) is 21.8. The summed E-state index contributed by atoms with van der Waals surface area (Å²) in [6.45, 7) is 5.00. The van der Waals surface area contributed by atoms with E-state index >= 15 is 0 Å². The number of aliphatic hydroxyl groups is 1. The first-order valence-electron chi connectivity index (χ1n) is 5.47. The maximum Gasteiger partial charge on any atom is 0.120 e. The Balaban J connectivity index is 2.47. The molecule has 0 amide bonds. The second kappa shape index (κ2) is 5.15. The lowest BCUT2D eigenvalue weighted by Gasteiger charge is -2.21. The molecule has 1 unspecified atom stereocenters. The highest BCUT2D eigenvalue weighted by Gasteiger charge is 2.16. The average Bonchev–Trinajstić information content (AvgIpc) is 2.59. The fourth-order valence-corrected chi connectivity index (χ4v) is 1.44. The smallest absolute Gasteiger partial charge is 0.120 e. The van der Waals surface area contributed by atoms with E-state index < -0.39 is 5.60 Å². The summed E-state index contributed by atoms with van der Waals surface area (Å²) in [6, 6.07) is 3.97. The lowest BCUT2D eigenvalue weighted by atomic mass is 10.0. The third kappa shape index (κ3) is 3.37. The highest BCUT2D eigenvalue weighted by molar-refractivity contribution is 5.28. The zero-order valence-electron chi connectivity index (χ0n) is 10.1. The molecular weight excluding hydrogens is 202 g/mol. The third-order valence-corrected chi connectivity index (χ3v) is 2.77. The van der Waals surface area contributed by atoms with E-state index in [2.05, 4.69) is 11.4 Å². The van der Waals surface area contributed by atoms with Crippen molar-refractivity contribution in [2.75, 3.05) is 6.54 Å². The molecule has 0 aliphatic heterocycles. The fraction of sp³-hybridized carbons (Fsp3) is 0.583. The Morgan fingerprint density at radius 3 is 2.81 bits per heavy atom. The van der Waals surface area contributed by atoms with Gasteiger partial charge in [0.1, 0.15) is 11.8 Å². The molecule has 0 saturated carbocycles. The first-order chi connectivity index (χ1) is 7.48. The minimum atomic E-state index is -0.660. The highest BCUT2D eigenvalue weighted by Crippen LogP contribution is 2.08. The number of nitrogens with one attached hydrogen (secondary N) is 1.